The highest BCUT2D eigenvalue weighted by Gasteiger charge is 2.41. The van der Waals surface area contributed by atoms with Gasteiger partial charge in [-0.3, -0.25) is 9.69 Å². The highest BCUT2D eigenvalue weighted by molar-refractivity contribution is 5.86. The average molecular weight is 504 g/mol. The summed E-state index contributed by atoms with van der Waals surface area (Å²) in [6.07, 6.45) is 6.49. The van der Waals surface area contributed by atoms with Crippen molar-refractivity contribution >= 4 is 23.6 Å². The molecule has 2 saturated heterocycles. The number of aryl methyl sites for hydroxylation is 1. The van der Waals surface area contributed by atoms with E-state index in [1.54, 1.807) is 15.8 Å². The van der Waals surface area contributed by atoms with Gasteiger partial charge in [-0.2, -0.15) is 20.1 Å². The fourth-order valence-corrected chi connectivity index (χ4v) is 5.33. The van der Waals surface area contributed by atoms with Gasteiger partial charge in [0.15, 0.2) is 11.5 Å². The van der Waals surface area contributed by atoms with Gasteiger partial charge in [0.2, 0.25) is 6.41 Å². The third kappa shape index (κ3) is 4.40. The minimum absolute atomic E-state index is 0.153. The van der Waals surface area contributed by atoms with E-state index in [9.17, 15) is 9.90 Å². The Labute approximate surface area is 215 Å². The molecule has 3 aliphatic rings. The number of nitrogens with one attached hydrogen (secondary N) is 1. The molecule has 192 valence electrons. The van der Waals surface area contributed by atoms with Crippen molar-refractivity contribution in [3.63, 3.8) is 0 Å². The summed E-state index contributed by atoms with van der Waals surface area (Å²) in [6.45, 7) is 5.70. The second kappa shape index (κ2) is 9.34. The van der Waals surface area contributed by atoms with Crippen molar-refractivity contribution in [2.45, 2.75) is 25.6 Å². The molecular weight excluding hydrogens is 472 g/mol. The molecule has 2 unspecified atom stereocenters. The van der Waals surface area contributed by atoms with Gasteiger partial charge in [-0.1, -0.05) is 12.1 Å². The average Bonchev–Trinajstić information content (AvgIpc) is 3.40. The minimum atomic E-state index is -0.229. The number of rotatable bonds is 7. The maximum Gasteiger partial charge on any atom is 0.272 e. The largest absolute Gasteiger partial charge is 0.390 e. The number of fused-ring (bicyclic) bond motifs is 1. The first kappa shape index (κ1) is 23.7. The fourth-order valence-electron chi connectivity index (χ4n) is 5.33. The van der Waals surface area contributed by atoms with Crippen LogP contribution in [0.15, 0.2) is 48.9 Å². The molecule has 0 spiro atoms. The van der Waals surface area contributed by atoms with Crippen LogP contribution in [-0.2, 0) is 16.1 Å². The van der Waals surface area contributed by atoms with Crippen molar-refractivity contribution in [2.24, 2.45) is 0 Å². The zero-order valence-corrected chi connectivity index (χ0v) is 21.0. The number of β-amino-alcohol motifs (C(OH)–C–C–N with tert-alkyl or cyclic N) is 1. The number of morpholine rings is 1. The molecular formula is C26H31N8O3+. The molecule has 2 fully saturated rings. The number of para-hydroxylation sites is 1. The molecule has 2 N–H and O–H groups in total. The van der Waals surface area contributed by atoms with Gasteiger partial charge in [0, 0.05) is 67.4 Å². The number of aromatic nitrogens is 4. The van der Waals surface area contributed by atoms with Gasteiger partial charge in [-0.05, 0) is 13.0 Å². The maximum atomic E-state index is 11.8. The molecule has 0 bridgehead atoms. The van der Waals surface area contributed by atoms with Gasteiger partial charge in [-0.25, -0.2) is 9.67 Å². The van der Waals surface area contributed by atoms with Crippen molar-refractivity contribution in [3.05, 3.63) is 65.7 Å². The van der Waals surface area contributed by atoms with Crippen LogP contribution in [0.4, 0.5) is 11.6 Å². The normalized spacial score (nSPS) is 23.9. The monoisotopic (exact) mass is 503 g/mol. The summed E-state index contributed by atoms with van der Waals surface area (Å²) in [6, 6.07) is 9.83. The number of anilines is 1. The van der Waals surface area contributed by atoms with E-state index in [-0.39, 0.29) is 16.7 Å². The Balaban J connectivity index is 1.28. The third-order valence-corrected chi connectivity index (χ3v) is 7.32. The van der Waals surface area contributed by atoms with Gasteiger partial charge >= 0.3 is 0 Å². The van der Waals surface area contributed by atoms with E-state index in [1.807, 2.05) is 38.4 Å². The van der Waals surface area contributed by atoms with Crippen molar-refractivity contribution in [1.29, 1.82) is 0 Å². The van der Waals surface area contributed by atoms with E-state index in [1.165, 1.54) is 0 Å². The molecule has 5 heterocycles. The first-order valence-corrected chi connectivity index (χ1v) is 12.5. The lowest BCUT2D eigenvalue weighted by molar-refractivity contribution is -0.124. The number of carbonyl (C=O) groups is 1. The second-order valence-corrected chi connectivity index (χ2v) is 9.99. The molecule has 0 aliphatic carbocycles. The zero-order valence-electron chi connectivity index (χ0n) is 21.0. The molecule has 11 heteroatoms. The van der Waals surface area contributed by atoms with Crippen LogP contribution in [0, 0.1) is 6.92 Å². The lowest BCUT2D eigenvalue weighted by Crippen LogP contribution is -2.49. The molecule has 37 heavy (non-hydrogen) atoms. The molecule has 2 aromatic heterocycles. The number of quaternary nitrogens is 1. The van der Waals surface area contributed by atoms with Gasteiger partial charge in [0.05, 0.1) is 31.1 Å². The van der Waals surface area contributed by atoms with Crippen molar-refractivity contribution in [2.75, 3.05) is 45.3 Å². The molecule has 2 atom stereocenters. The van der Waals surface area contributed by atoms with Crippen LogP contribution in [-0.4, -0.2) is 93.1 Å². The molecule has 3 aromatic rings. The lowest BCUT2D eigenvalue weighted by atomic mass is 9.99. The first-order valence-electron chi connectivity index (χ1n) is 12.5. The smallest absolute Gasteiger partial charge is 0.272 e. The van der Waals surface area contributed by atoms with Crippen LogP contribution in [0.1, 0.15) is 16.8 Å². The maximum absolute atomic E-state index is 11.8. The van der Waals surface area contributed by atoms with Crippen LogP contribution in [0.2, 0.25) is 0 Å². The van der Waals surface area contributed by atoms with Gasteiger partial charge in [0.1, 0.15) is 13.2 Å². The highest BCUT2D eigenvalue weighted by Crippen LogP contribution is 2.41. The third-order valence-electron chi connectivity index (χ3n) is 7.32. The van der Waals surface area contributed by atoms with Crippen molar-refractivity contribution < 1.29 is 14.6 Å². The van der Waals surface area contributed by atoms with E-state index in [0.717, 1.165) is 41.0 Å². The van der Waals surface area contributed by atoms with E-state index in [4.69, 9.17) is 9.72 Å². The summed E-state index contributed by atoms with van der Waals surface area (Å²) in [5.74, 6) is 1.12. The molecule has 0 saturated carbocycles. The van der Waals surface area contributed by atoms with Crippen LogP contribution in [0.5, 0.6) is 0 Å². The number of aliphatic hydroxyl groups is 1. The summed E-state index contributed by atoms with van der Waals surface area (Å²) >= 11 is 0. The predicted octanol–water partition coefficient (Wildman–Crippen LogP) is 1.32. The predicted molar refractivity (Wildman–Crippen MR) is 138 cm³/mol. The number of ether oxygens (including phenoxy) is 1. The van der Waals surface area contributed by atoms with Crippen LogP contribution >= 0.6 is 0 Å². The Morgan fingerprint density at radius 3 is 2.92 bits per heavy atom. The molecule has 1 aromatic carbocycles. The molecule has 3 aliphatic heterocycles. The quantitative estimate of drug-likeness (QED) is 0.367. The van der Waals surface area contributed by atoms with Gasteiger partial charge < -0.3 is 14.7 Å². The number of aliphatic hydroxyl groups excluding tert-OH is 1. The number of amides is 1. The number of likely N-dealkylation sites (tertiary alicyclic amines) is 1. The SMILES string of the molecule is Cc1nn(-c2ccnc(N[N+]3(C)C=C(C4COCCN4C=O)c4ccccc43)n2)cc1CN1CC(O)C1. The second-order valence-electron chi connectivity index (χ2n) is 9.99. The summed E-state index contributed by atoms with van der Waals surface area (Å²) in [7, 11) is 2.04. The molecule has 0 radical (unpaired) electrons. The van der Waals surface area contributed by atoms with Crippen LogP contribution in [0.25, 0.3) is 11.4 Å². The summed E-state index contributed by atoms with van der Waals surface area (Å²) < 4.78 is 7.75. The summed E-state index contributed by atoms with van der Waals surface area (Å²) in [5, 5.41) is 14.2. The van der Waals surface area contributed by atoms with E-state index >= 15 is 0 Å². The van der Waals surface area contributed by atoms with Gasteiger partial charge in [-0.15, -0.1) is 0 Å². The molecule has 6 rings (SSSR count). The van der Waals surface area contributed by atoms with Crippen LogP contribution < -0.4 is 10.0 Å². The Morgan fingerprint density at radius 1 is 1.27 bits per heavy atom. The highest BCUT2D eigenvalue weighted by atomic mass is 16.5. The Kier molecular flexibility index (Phi) is 6.00. The number of nitrogens with zero attached hydrogens (tertiary/aromatic N) is 7. The van der Waals surface area contributed by atoms with Crippen molar-refractivity contribution in [1.82, 2.24) is 34.1 Å². The van der Waals surface area contributed by atoms with Crippen LogP contribution in [0.3, 0.4) is 0 Å². The molecule has 11 nitrogen and oxygen atoms in total. The van der Waals surface area contributed by atoms with E-state index in [0.29, 0.717) is 44.6 Å². The lowest BCUT2D eigenvalue weighted by Gasteiger charge is -2.35. The number of carbonyl (C=O) groups excluding carboxylic acids is 1. The standard InChI is InChI=1S/C26H31N8O3/c1-18-19(11-31-13-20(36)14-31)12-33(29-18)25-7-8-27-26(28-25)30-34(2)15-22(21-5-3-4-6-24(21)34)23-16-37-10-9-32(23)17-35/h3-8,12,15,17,20,23,36H,9-11,13-14,16H2,1-2H3,(H,27,28,30)/q+1. The topological polar surface area (TPSA) is 109 Å². The zero-order chi connectivity index (χ0) is 25.6. The molecule has 1 amide bonds. The summed E-state index contributed by atoms with van der Waals surface area (Å²) in [5.41, 5.74) is 8.66. The first-order chi connectivity index (χ1) is 17.9. The Morgan fingerprint density at radius 2 is 2.11 bits per heavy atom. The minimum Gasteiger partial charge on any atom is -0.390 e. The fraction of sp³-hybridized carbons (Fsp3) is 0.385. The van der Waals surface area contributed by atoms with Gasteiger partial charge in [0.25, 0.3) is 5.95 Å². The number of benzene rings is 1. The summed E-state index contributed by atoms with van der Waals surface area (Å²) in [4.78, 5) is 25.0. The Hall–Kier alpha value is -3.64. The number of hydrogen-bond donors (Lipinski definition) is 2. The van der Waals surface area contributed by atoms with E-state index in [2.05, 4.69) is 38.7 Å². The number of hydrogen-bond acceptors (Lipinski definition) is 8. The Bertz CT molecular complexity index is 1350. The van der Waals surface area contributed by atoms with Crippen molar-refractivity contribution in [3.8, 4) is 5.82 Å². The van der Waals surface area contributed by atoms with E-state index < -0.39 is 0 Å².